The molecule has 0 radical (unpaired) electrons. The first-order chi connectivity index (χ1) is 13.1. The fraction of sp³-hybridized carbons (Fsp3) is 0.409. The van der Waals surface area contributed by atoms with E-state index in [2.05, 4.69) is 23.5 Å². The van der Waals surface area contributed by atoms with Crippen molar-refractivity contribution in [2.45, 2.75) is 19.9 Å². The van der Waals surface area contributed by atoms with Gasteiger partial charge in [-0.25, -0.2) is 0 Å². The van der Waals surface area contributed by atoms with E-state index in [1.807, 2.05) is 44.2 Å². The van der Waals surface area contributed by atoms with Gasteiger partial charge in [-0.3, -0.25) is 4.79 Å². The largest absolute Gasteiger partial charge is 0.484 e. The van der Waals surface area contributed by atoms with Crippen molar-refractivity contribution >= 4 is 5.91 Å². The van der Waals surface area contributed by atoms with Crippen LogP contribution in [0.2, 0.25) is 0 Å². The number of carbonyl (C=O) groups is 1. The smallest absolute Gasteiger partial charge is 0.258 e. The molecule has 1 fully saturated rings. The molecule has 2 N–H and O–H groups in total. The van der Waals surface area contributed by atoms with Crippen molar-refractivity contribution in [3.63, 3.8) is 0 Å². The Morgan fingerprint density at radius 1 is 1.11 bits per heavy atom. The number of aryl methyl sites for hydroxylation is 2. The van der Waals surface area contributed by atoms with Crippen LogP contribution in [-0.4, -0.2) is 45.4 Å². The molecule has 0 spiro atoms. The summed E-state index contributed by atoms with van der Waals surface area (Å²) in [4.78, 5) is 14.0. The van der Waals surface area contributed by atoms with Crippen LogP contribution in [-0.2, 0) is 9.53 Å². The third-order valence-electron chi connectivity index (χ3n) is 4.79. The zero-order valence-electron chi connectivity index (χ0n) is 16.2. The summed E-state index contributed by atoms with van der Waals surface area (Å²) in [5.74, 6) is 0.633. The summed E-state index contributed by atoms with van der Waals surface area (Å²) in [5.41, 5.74) is 3.38. The van der Waals surface area contributed by atoms with Gasteiger partial charge in [-0.15, -0.1) is 0 Å². The summed E-state index contributed by atoms with van der Waals surface area (Å²) in [6, 6.07) is 16.1. The van der Waals surface area contributed by atoms with E-state index in [1.54, 1.807) is 0 Å². The number of amides is 1. The van der Waals surface area contributed by atoms with Crippen LogP contribution in [0.5, 0.6) is 5.75 Å². The molecule has 1 atom stereocenters. The second kappa shape index (κ2) is 9.53. The summed E-state index contributed by atoms with van der Waals surface area (Å²) < 4.78 is 11.2. The van der Waals surface area contributed by atoms with Gasteiger partial charge in [-0.2, -0.15) is 0 Å². The molecule has 2 aromatic rings. The number of quaternary nitrogens is 1. The van der Waals surface area contributed by atoms with Crippen LogP contribution < -0.4 is 15.0 Å². The lowest BCUT2D eigenvalue weighted by atomic mass is 10.1. The maximum absolute atomic E-state index is 12.5. The molecular weight excluding hydrogens is 340 g/mol. The zero-order chi connectivity index (χ0) is 19.1. The van der Waals surface area contributed by atoms with Crippen LogP contribution in [0.25, 0.3) is 0 Å². The van der Waals surface area contributed by atoms with E-state index in [1.165, 1.54) is 4.90 Å². The Morgan fingerprint density at radius 2 is 1.78 bits per heavy atom. The molecule has 1 aliphatic heterocycles. The molecule has 0 saturated carbocycles. The quantitative estimate of drug-likeness (QED) is 0.777. The van der Waals surface area contributed by atoms with Crippen LogP contribution in [0.4, 0.5) is 0 Å². The molecule has 1 aliphatic rings. The molecule has 27 heavy (non-hydrogen) atoms. The number of benzene rings is 2. The highest BCUT2D eigenvalue weighted by Gasteiger charge is 2.23. The van der Waals surface area contributed by atoms with Gasteiger partial charge >= 0.3 is 0 Å². The Balaban J connectivity index is 1.61. The summed E-state index contributed by atoms with van der Waals surface area (Å²) in [7, 11) is 0. The lowest BCUT2D eigenvalue weighted by molar-refractivity contribution is -0.909. The average Bonchev–Trinajstić information content (AvgIpc) is 2.67. The number of carbonyl (C=O) groups excluding carboxylic acids is 1. The molecule has 0 bridgehead atoms. The first-order valence-corrected chi connectivity index (χ1v) is 9.57. The van der Waals surface area contributed by atoms with Gasteiger partial charge in [-0.05, 0) is 42.7 Å². The van der Waals surface area contributed by atoms with Gasteiger partial charge in [0.05, 0.1) is 13.2 Å². The van der Waals surface area contributed by atoms with Gasteiger partial charge in [0.1, 0.15) is 31.4 Å². The van der Waals surface area contributed by atoms with Crippen molar-refractivity contribution in [3.05, 3.63) is 65.2 Å². The minimum atomic E-state index is -0.101. The SMILES string of the molecule is Cc1cc(C)cc(OCC(=O)N[C@H](C[NH+]2CCOCC2)c2ccccc2)c1. The lowest BCUT2D eigenvalue weighted by Crippen LogP contribution is -3.14. The van der Waals surface area contributed by atoms with Gasteiger partial charge < -0.3 is 19.7 Å². The lowest BCUT2D eigenvalue weighted by Gasteiger charge is -2.28. The summed E-state index contributed by atoms with van der Waals surface area (Å²) in [6.45, 7) is 8.41. The van der Waals surface area contributed by atoms with Crippen molar-refractivity contribution in [1.82, 2.24) is 5.32 Å². The van der Waals surface area contributed by atoms with Crippen molar-refractivity contribution < 1.29 is 19.2 Å². The van der Waals surface area contributed by atoms with Gasteiger partial charge in [0.25, 0.3) is 5.91 Å². The molecule has 5 nitrogen and oxygen atoms in total. The first-order valence-electron chi connectivity index (χ1n) is 9.57. The maximum atomic E-state index is 12.5. The second-order valence-electron chi connectivity index (χ2n) is 7.21. The molecular formula is C22H29N2O3+. The van der Waals surface area contributed by atoms with Gasteiger partial charge in [0.2, 0.25) is 0 Å². The van der Waals surface area contributed by atoms with E-state index in [0.29, 0.717) is 0 Å². The van der Waals surface area contributed by atoms with Crippen molar-refractivity contribution in [2.24, 2.45) is 0 Å². The van der Waals surface area contributed by atoms with Crippen LogP contribution in [0.1, 0.15) is 22.7 Å². The van der Waals surface area contributed by atoms with Crippen molar-refractivity contribution in [2.75, 3.05) is 39.5 Å². The zero-order valence-corrected chi connectivity index (χ0v) is 16.2. The van der Waals surface area contributed by atoms with Crippen LogP contribution in [0.3, 0.4) is 0 Å². The van der Waals surface area contributed by atoms with Crippen molar-refractivity contribution in [1.29, 1.82) is 0 Å². The Kier molecular flexibility index (Phi) is 6.85. The molecule has 0 aliphatic carbocycles. The predicted molar refractivity (Wildman–Crippen MR) is 105 cm³/mol. The standard InChI is InChI=1S/C22H28N2O3/c1-17-12-18(2)14-20(13-17)27-16-22(25)23-21(19-6-4-3-5-7-19)15-24-8-10-26-11-9-24/h3-7,12-14,21H,8-11,15-16H2,1-2H3,(H,23,25)/p+1/t21-/m1/s1. The minimum Gasteiger partial charge on any atom is -0.484 e. The fourth-order valence-corrected chi connectivity index (χ4v) is 3.49. The van der Waals surface area contributed by atoms with Gasteiger partial charge in [0.15, 0.2) is 6.61 Å². The summed E-state index contributed by atoms with van der Waals surface area (Å²) in [6.07, 6.45) is 0. The Morgan fingerprint density at radius 3 is 2.44 bits per heavy atom. The van der Waals surface area contributed by atoms with E-state index in [0.717, 1.165) is 55.3 Å². The van der Waals surface area contributed by atoms with E-state index in [9.17, 15) is 4.79 Å². The monoisotopic (exact) mass is 369 g/mol. The number of rotatable bonds is 7. The Bertz CT molecular complexity index is 722. The summed E-state index contributed by atoms with van der Waals surface area (Å²) in [5, 5.41) is 3.15. The number of morpholine rings is 1. The normalized spacial score (nSPS) is 15.9. The average molecular weight is 369 g/mol. The molecule has 0 unspecified atom stereocenters. The van der Waals surface area contributed by atoms with E-state index in [4.69, 9.17) is 9.47 Å². The number of nitrogens with one attached hydrogen (secondary N) is 2. The highest BCUT2D eigenvalue weighted by molar-refractivity contribution is 5.78. The molecule has 1 saturated heterocycles. The minimum absolute atomic E-state index is 0.0185. The molecule has 0 aromatic heterocycles. The van der Waals surface area contributed by atoms with E-state index < -0.39 is 0 Å². The summed E-state index contributed by atoms with van der Waals surface area (Å²) >= 11 is 0. The number of hydrogen-bond acceptors (Lipinski definition) is 3. The van der Waals surface area contributed by atoms with E-state index >= 15 is 0 Å². The molecule has 144 valence electrons. The number of hydrogen-bond donors (Lipinski definition) is 2. The van der Waals surface area contributed by atoms with Crippen molar-refractivity contribution in [3.8, 4) is 5.75 Å². The molecule has 1 amide bonds. The molecule has 2 aromatic carbocycles. The molecule has 3 rings (SSSR count). The van der Waals surface area contributed by atoms with E-state index in [-0.39, 0.29) is 18.6 Å². The third-order valence-corrected chi connectivity index (χ3v) is 4.79. The topological polar surface area (TPSA) is 52.0 Å². The highest BCUT2D eigenvalue weighted by atomic mass is 16.5. The third kappa shape index (κ3) is 6.08. The predicted octanol–water partition coefficient (Wildman–Crippen LogP) is 1.45. The second-order valence-corrected chi connectivity index (χ2v) is 7.21. The van der Waals surface area contributed by atoms with Crippen LogP contribution in [0.15, 0.2) is 48.5 Å². The molecule has 1 heterocycles. The van der Waals surface area contributed by atoms with Gasteiger partial charge in [-0.1, -0.05) is 36.4 Å². The fourth-order valence-electron chi connectivity index (χ4n) is 3.49. The van der Waals surface area contributed by atoms with Crippen LogP contribution in [0, 0.1) is 13.8 Å². The first kappa shape index (κ1) is 19.4. The number of ether oxygens (including phenoxy) is 2. The van der Waals surface area contributed by atoms with Crippen LogP contribution >= 0.6 is 0 Å². The molecule has 5 heteroatoms. The Hall–Kier alpha value is -2.37. The highest BCUT2D eigenvalue weighted by Crippen LogP contribution is 2.16. The Labute approximate surface area is 161 Å². The maximum Gasteiger partial charge on any atom is 0.258 e. The van der Waals surface area contributed by atoms with Gasteiger partial charge in [0, 0.05) is 0 Å².